The van der Waals surface area contributed by atoms with E-state index in [2.05, 4.69) is 18.7 Å². The Bertz CT molecular complexity index is 752. The van der Waals surface area contributed by atoms with E-state index in [4.69, 9.17) is 4.74 Å². The van der Waals surface area contributed by atoms with Gasteiger partial charge >= 0.3 is 0 Å². The van der Waals surface area contributed by atoms with Gasteiger partial charge in [0.25, 0.3) is 11.8 Å². The average Bonchev–Trinajstić information content (AvgIpc) is 2.90. The Morgan fingerprint density at radius 1 is 1.14 bits per heavy atom. The molecule has 0 aromatic heterocycles. The van der Waals surface area contributed by atoms with Gasteiger partial charge in [0, 0.05) is 19.6 Å². The molecule has 2 amide bonds. The van der Waals surface area contributed by atoms with Crippen molar-refractivity contribution in [1.82, 2.24) is 9.80 Å². The van der Waals surface area contributed by atoms with Gasteiger partial charge in [0.15, 0.2) is 0 Å². The minimum atomic E-state index is -0.163. The number of nitrogens with zero attached hydrogens (tertiary/aromatic N) is 2. The van der Waals surface area contributed by atoms with E-state index in [0.717, 1.165) is 43.7 Å². The molecule has 0 bridgehead atoms. The molecule has 28 heavy (non-hydrogen) atoms. The molecule has 0 spiro atoms. The van der Waals surface area contributed by atoms with E-state index < -0.39 is 0 Å². The van der Waals surface area contributed by atoms with Gasteiger partial charge in [-0.25, -0.2) is 0 Å². The first kappa shape index (κ1) is 20.4. The van der Waals surface area contributed by atoms with Gasteiger partial charge in [0.05, 0.1) is 11.7 Å². The minimum Gasteiger partial charge on any atom is -0.491 e. The third-order valence-electron chi connectivity index (χ3n) is 5.37. The molecule has 1 unspecified atom stereocenters. The highest BCUT2D eigenvalue weighted by Gasteiger charge is 2.41. The van der Waals surface area contributed by atoms with Crippen LogP contribution in [-0.4, -0.2) is 47.4 Å². The zero-order valence-electron chi connectivity index (χ0n) is 17.5. The quantitative estimate of drug-likeness (QED) is 0.665. The van der Waals surface area contributed by atoms with Gasteiger partial charge in [-0.3, -0.25) is 14.5 Å². The van der Waals surface area contributed by atoms with Crippen LogP contribution in [0.2, 0.25) is 0 Å². The predicted octanol–water partition coefficient (Wildman–Crippen LogP) is 4.09. The number of imide groups is 1. The molecular formula is C23H32N2O3. The molecule has 152 valence electrons. The lowest BCUT2D eigenvalue weighted by molar-refractivity contribution is -0.137. The number of hydrogen-bond donors (Lipinski definition) is 0. The van der Waals surface area contributed by atoms with Gasteiger partial charge in [0.1, 0.15) is 11.4 Å². The van der Waals surface area contributed by atoms with Gasteiger partial charge in [-0.05, 0) is 56.7 Å². The Balaban J connectivity index is 1.97. The van der Waals surface area contributed by atoms with Crippen LogP contribution in [0, 0.1) is 5.92 Å². The van der Waals surface area contributed by atoms with Crippen molar-refractivity contribution >= 4 is 17.4 Å². The Morgan fingerprint density at radius 3 is 2.46 bits per heavy atom. The molecule has 2 aliphatic rings. The highest BCUT2D eigenvalue weighted by Crippen LogP contribution is 2.34. The molecule has 0 radical (unpaired) electrons. The molecule has 0 aliphatic carbocycles. The highest BCUT2D eigenvalue weighted by atomic mass is 16.5. The Morgan fingerprint density at radius 2 is 1.86 bits per heavy atom. The van der Waals surface area contributed by atoms with Crippen LogP contribution < -0.4 is 4.74 Å². The molecular weight excluding hydrogens is 352 g/mol. The topological polar surface area (TPSA) is 49.9 Å². The lowest BCUT2D eigenvalue weighted by atomic mass is 9.97. The largest absolute Gasteiger partial charge is 0.491 e. The number of piperidine rings is 1. The van der Waals surface area contributed by atoms with Gasteiger partial charge in [0.2, 0.25) is 0 Å². The second kappa shape index (κ2) is 8.80. The molecule has 1 aromatic carbocycles. The minimum absolute atomic E-state index is 0.0923. The first-order valence-electron chi connectivity index (χ1n) is 10.5. The van der Waals surface area contributed by atoms with E-state index in [0.29, 0.717) is 23.7 Å². The first-order chi connectivity index (χ1) is 13.4. The SMILES string of the molecule is CCCCN1C(=O)C(c2ccc(OC(C)C)cc2)=C(N2CCCC(C)C2)C1=O. The van der Waals surface area contributed by atoms with E-state index >= 15 is 0 Å². The van der Waals surface area contributed by atoms with Crippen LogP contribution in [0.1, 0.15) is 58.9 Å². The van der Waals surface area contributed by atoms with Crippen LogP contribution in [0.15, 0.2) is 30.0 Å². The molecule has 5 nitrogen and oxygen atoms in total. The Labute approximate surface area is 168 Å². The number of rotatable bonds is 7. The van der Waals surface area contributed by atoms with Crippen molar-refractivity contribution in [2.45, 2.75) is 59.5 Å². The van der Waals surface area contributed by atoms with Crippen LogP contribution in [0.5, 0.6) is 5.75 Å². The fourth-order valence-corrected chi connectivity index (χ4v) is 4.00. The molecule has 5 heteroatoms. The maximum Gasteiger partial charge on any atom is 0.277 e. The number of carbonyl (C=O) groups is 2. The standard InChI is InChI=1S/C23H32N2O3/c1-5-6-14-25-22(26)20(18-9-11-19(12-10-18)28-16(2)3)21(23(25)27)24-13-7-8-17(4)15-24/h9-12,16-17H,5-8,13-15H2,1-4H3. The fourth-order valence-electron chi connectivity index (χ4n) is 4.00. The fraction of sp³-hybridized carbons (Fsp3) is 0.565. The first-order valence-corrected chi connectivity index (χ1v) is 10.5. The normalized spacial score (nSPS) is 20.5. The second-order valence-electron chi connectivity index (χ2n) is 8.22. The van der Waals surface area contributed by atoms with Gasteiger partial charge in [-0.2, -0.15) is 0 Å². The molecule has 1 aromatic rings. The van der Waals surface area contributed by atoms with E-state index in [1.807, 2.05) is 38.1 Å². The average molecular weight is 385 g/mol. The van der Waals surface area contributed by atoms with Crippen LogP contribution in [0.4, 0.5) is 0 Å². The van der Waals surface area contributed by atoms with Crippen molar-refractivity contribution in [3.8, 4) is 5.75 Å². The second-order valence-corrected chi connectivity index (χ2v) is 8.22. The number of carbonyl (C=O) groups excluding carboxylic acids is 2. The number of hydrogen-bond acceptors (Lipinski definition) is 4. The molecule has 1 atom stereocenters. The molecule has 1 fully saturated rings. The van der Waals surface area contributed by atoms with Crippen molar-refractivity contribution in [2.24, 2.45) is 5.92 Å². The molecule has 0 saturated carbocycles. The van der Waals surface area contributed by atoms with E-state index in [1.165, 1.54) is 11.3 Å². The maximum absolute atomic E-state index is 13.2. The van der Waals surface area contributed by atoms with E-state index in [9.17, 15) is 9.59 Å². The zero-order chi connectivity index (χ0) is 20.3. The zero-order valence-corrected chi connectivity index (χ0v) is 17.5. The Kier molecular flexibility index (Phi) is 6.42. The summed E-state index contributed by atoms with van der Waals surface area (Å²) in [5, 5.41) is 0. The van der Waals surface area contributed by atoms with Gasteiger partial charge < -0.3 is 9.64 Å². The lowest BCUT2D eigenvalue weighted by Gasteiger charge is -2.33. The summed E-state index contributed by atoms with van der Waals surface area (Å²) in [6.45, 7) is 10.4. The van der Waals surface area contributed by atoms with Crippen molar-refractivity contribution in [3.63, 3.8) is 0 Å². The summed E-state index contributed by atoms with van der Waals surface area (Å²) in [7, 11) is 0. The lowest BCUT2D eigenvalue weighted by Crippen LogP contribution is -2.39. The molecule has 0 N–H and O–H groups in total. The van der Waals surface area contributed by atoms with E-state index in [1.54, 1.807) is 0 Å². The third kappa shape index (κ3) is 4.23. The van der Waals surface area contributed by atoms with Crippen LogP contribution >= 0.6 is 0 Å². The van der Waals surface area contributed by atoms with Crippen molar-refractivity contribution in [3.05, 3.63) is 35.5 Å². The Hall–Kier alpha value is -2.30. The van der Waals surface area contributed by atoms with Crippen molar-refractivity contribution in [2.75, 3.05) is 19.6 Å². The monoisotopic (exact) mass is 384 g/mol. The molecule has 1 saturated heterocycles. The summed E-state index contributed by atoms with van der Waals surface area (Å²) in [5.74, 6) is 0.998. The number of ether oxygens (including phenoxy) is 1. The summed E-state index contributed by atoms with van der Waals surface area (Å²) < 4.78 is 5.72. The van der Waals surface area contributed by atoms with Crippen molar-refractivity contribution < 1.29 is 14.3 Å². The molecule has 3 rings (SSSR count). The highest BCUT2D eigenvalue weighted by molar-refractivity contribution is 6.35. The summed E-state index contributed by atoms with van der Waals surface area (Å²) in [5.41, 5.74) is 1.93. The summed E-state index contributed by atoms with van der Waals surface area (Å²) in [6.07, 6.45) is 4.09. The molecule has 2 heterocycles. The number of likely N-dealkylation sites (tertiary alicyclic amines) is 1. The van der Waals surface area contributed by atoms with Gasteiger partial charge in [-0.1, -0.05) is 32.4 Å². The third-order valence-corrected chi connectivity index (χ3v) is 5.37. The predicted molar refractivity (Wildman–Crippen MR) is 111 cm³/mol. The number of amides is 2. The number of unbranched alkanes of at least 4 members (excludes halogenated alkanes) is 1. The molecule has 2 aliphatic heterocycles. The summed E-state index contributed by atoms with van der Waals surface area (Å²) in [6, 6.07) is 7.56. The van der Waals surface area contributed by atoms with Gasteiger partial charge in [-0.15, -0.1) is 0 Å². The van der Waals surface area contributed by atoms with Crippen LogP contribution in [-0.2, 0) is 9.59 Å². The van der Waals surface area contributed by atoms with E-state index in [-0.39, 0.29) is 17.9 Å². The van der Waals surface area contributed by atoms with Crippen LogP contribution in [0.25, 0.3) is 5.57 Å². The number of benzene rings is 1. The van der Waals surface area contributed by atoms with Crippen molar-refractivity contribution in [1.29, 1.82) is 0 Å². The van der Waals surface area contributed by atoms with Crippen LogP contribution in [0.3, 0.4) is 0 Å². The smallest absolute Gasteiger partial charge is 0.277 e. The summed E-state index contributed by atoms with van der Waals surface area (Å²) >= 11 is 0. The summed E-state index contributed by atoms with van der Waals surface area (Å²) in [4.78, 5) is 30.0. The maximum atomic E-state index is 13.2.